The van der Waals surface area contributed by atoms with Crippen molar-refractivity contribution in [3.05, 3.63) is 64.8 Å². The van der Waals surface area contributed by atoms with Crippen LogP contribution in [-0.4, -0.2) is 29.9 Å². The van der Waals surface area contributed by atoms with Gasteiger partial charge in [0.1, 0.15) is 5.82 Å². The molecule has 0 fully saturated rings. The molecule has 0 spiro atoms. The fourth-order valence-corrected chi connectivity index (χ4v) is 3.46. The number of para-hydroxylation sites is 1. The van der Waals surface area contributed by atoms with E-state index in [2.05, 4.69) is 28.6 Å². The molecule has 152 valence electrons. The molecule has 1 amide bonds. The molecule has 0 aliphatic heterocycles. The van der Waals surface area contributed by atoms with E-state index >= 15 is 0 Å². The lowest BCUT2D eigenvalue weighted by molar-refractivity contribution is -0.116. The van der Waals surface area contributed by atoms with E-state index in [1.54, 1.807) is 18.9 Å². The fourth-order valence-electron chi connectivity index (χ4n) is 3.46. The summed E-state index contributed by atoms with van der Waals surface area (Å²) >= 11 is 0. The highest BCUT2D eigenvalue weighted by molar-refractivity contribution is 5.90. The zero-order valence-corrected chi connectivity index (χ0v) is 17.6. The number of aryl methyl sites for hydroxylation is 4. The topological polar surface area (TPSA) is 65.4 Å². The van der Waals surface area contributed by atoms with Crippen LogP contribution in [0, 0.1) is 20.8 Å². The van der Waals surface area contributed by atoms with Crippen LogP contribution in [0.1, 0.15) is 28.8 Å². The van der Waals surface area contributed by atoms with Crippen LogP contribution in [0.4, 0.5) is 5.82 Å². The highest BCUT2D eigenvalue weighted by Crippen LogP contribution is 2.31. The van der Waals surface area contributed by atoms with Gasteiger partial charge in [0.25, 0.3) is 0 Å². The molecular weight excluding hydrogens is 366 g/mol. The van der Waals surface area contributed by atoms with Crippen LogP contribution in [0.25, 0.3) is 5.69 Å². The molecule has 3 aromatic rings. The summed E-state index contributed by atoms with van der Waals surface area (Å²) in [4.78, 5) is 12.6. The summed E-state index contributed by atoms with van der Waals surface area (Å²) in [6.07, 6.45) is 0.865. The molecule has 0 atom stereocenters. The Bertz CT molecular complexity index is 1000. The van der Waals surface area contributed by atoms with Crippen molar-refractivity contribution in [3.63, 3.8) is 0 Å². The predicted molar refractivity (Wildman–Crippen MR) is 114 cm³/mol. The van der Waals surface area contributed by atoms with E-state index in [1.165, 1.54) is 0 Å². The van der Waals surface area contributed by atoms with Gasteiger partial charge in [0, 0.05) is 12.5 Å². The molecule has 29 heavy (non-hydrogen) atoms. The Labute approximate surface area is 171 Å². The van der Waals surface area contributed by atoms with E-state index in [0.29, 0.717) is 30.2 Å². The van der Waals surface area contributed by atoms with Gasteiger partial charge in [-0.3, -0.25) is 4.79 Å². The minimum absolute atomic E-state index is 0.0830. The van der Waals surface area contributed by atoms with Gasteiger partial charge in [0.2, 0.25) is 5.91 Å². The SMILES string of the molecule is COc1cccc(CCC(=O)Nc2cc(C)nn2-c2cc(C)cc(C)c2)c1OC. The Balaban J connectivity index is 1.76. The highest BCUT2D eigenvalue weighted by atomic mass is 16.5. The number of nitrogens with zero attached hydrogens (tertiary/aromatic N) is 2. The van der Waals surface area contributed by atoms with E-state index < -0.39 is 0 Å². The zero-order valence-electron chi connectivity index (χ0n) is 17.6. The molecule has 6 nitrogen and oxygen atoms in total. The highest BCUT2D eigenvalue weighted by Gasteiger charge is 2.14. The first kappa shape index (κ1) is 20.5. The third-order valence-electron chi connectivity index (χ3n) is 4.66. The summed E-state index contributed by atoms with van der Waals surface area (Å²) in [7, 11) is 3.21. The predicted octanol–water partition coefficient (Wildman–Crippen LogP) is 4.39. The van der Waals surface area contributed by atoms with Gasteiger partial charge in [-0.2, -0.15) is 5.10 Å². The van der Waals surface area contributed by atoms with Gasteiger partial charge in [-0.05, 0) is 62.1 Å². The van der Waals surface area contributed by atoms with Crippen LogP contribution in [0.15, 0.2) is 42.5 Å². The standard InChI is InChI=1S/C23H27N3O3/c1-15-11-16(2)13-19(12-15)26-21(14-17(3)25-26)24-22(27)10-9-18-7-6-8-20(28-4)23(18)29-5/h6-8,11-14H,9-10H2,1-5H3,(H,24,27). The number of anilines is 1. The number of ether oxygens (including phenoxy) is 2. The van der Waals surface area contributed by atoms with Crippen molar-refractivity contribution >= 4 is 11.7 Å². The number of carbonyl (C=O) groups excluding carboxylic acids is 1. The van der Waals surface area contributed by atoms with Gasteiger partial charge in [-0.25, -0.2) is 4.68 Å². The molecule has 3 rings (SSSR count). The lowest BCUT2D eigenvalue weighted by Crippen LogP contribution is -2.15. The largest absolute Gasteiger partial charge is 0.493 e. The Morgan fingerprint density at radius 2 is 1.76 bits per heavy atom. The summed E-state index contributed by atoms with van der Waals surface area (Å²) in [6.45, 7) is 6.01. The van der Waals surface area contributed by atoms with Gasteiger partial charge < -0.3 is 14.8 Å². The quantitative estimate of drug-likeness (QED) is 0.647. The molecule has 1 N–H and O–H groups in total. The Hall–Kier alpha value is -3.28. The monoisotopic (exact) mass is 393 g/mol. The van der Waals surface area contributed by atoms with Crippen LogP contribution >= 0.6 is 0 Å². The van der Waals surface area contributed by atoms with Crippen molar-refractivity contribution < 1.29 is 14.3 Å². The first-order valence-electron chi connectivity index (χ1n) is 9.56. The summed E-state index contributed by atoms with van der Waals surface area (Å²) in [5.74, 6) is 1.91. The van der Waals surface area contributed by atoms with E-state index in [0.717, 1.165) is 28.1 Å². The van der Waals surface area contributed by atoms with Gasteiger partial charge >= 0.3 is 0 Å². The van der Waals surface area contributed by atoms with Crippen LogP contribution in [0.2, 0.25) is 0 Å². The number of nitrogens with one attached hydrogen (secondary N) is 1. The molecular formula is C23H27N3O3. The van der Waals surface area contributed by atoms with Gasteiger partial charge in [0.15, 0.2) is 11.5 Å². The van der Waals surface area contributed by atoms with Crippen LogP contribution in [0.3, 0.4) is 0 Å². The van der Waals surface area contributed by atoms with Crippen molar-refractivity contribution in [1.29, 1.82) is 0 Å². The Morgan fingerprint density at radius 3 is 2.41 bits per heavy atom. The fraction of sp³-hybridized carbons (Fsp3) is 0.304. The van der Waals surface area contributed by atoms with Gasteiger partial charge in [0.05, 0.1) is 25.6 Å². The molecule has 0 saturated heterocycles. The van der Waals surface area contributed by atoms with Crippen LogP contribution in [-0.2, 0) is 11.2 Å². The molecule has 1 aromatic heterocycles. The maximum Gasteiger partial charge on any atom is 0.225 e. The first-order valence-corrected chi connectivity index (χ1v) is 9.56. The average molecular weight is 393 g/mol. The summed E-state index contributed by atoms with van der Waals surface area (Å²) < 4.78 is 12.6. The molecule has 6 heteroatoms. The zero-order chi connectivity index (χ0) is 21.0. The Morgan fingerprint density at radius 1 is 1.03 bits per heavy atom. The maximum absolute atomic E-state index is 12.6. The molecule has 0 radical (unpaired) electrons. The summed E-state index contributed by atoms with van der Waals surface area (Å²) in [6, 6.07) is 13.8. The molecule has 0 bridgehead atoms. The number of rotatable bonds is 7. The second kappa shape index (κ2) is 8.82. The van der Waals surface area contributed by atoms with Gasteiger partial charge in [-0.15, -0.1) is 0 Å². The number of aromatic nitrogens is 2. The number of amides is 1. The summed E-state index contributed by atoms with van der Waals surface area (Å²) in [5, 5.41) is 7.54. The summed E-state index contributed by atoms with van der Waals surface area (Å²) in [5.41, 5.74) is 5.00. The lowest BCUT2D eigenvalue weighted by atomic mass is 10.1. The molecule has 0 saturated carbocycles. The Kier molecular flexibility index (Phi) is 6.22. The molecule has 0 aliphatic carbocycles. The average Bonchev–Trinajstić information content (AvgIpc) is 3.05. The maximum atomic E-state index is 12.6. The number of hydrogen-bond donors (Lipinski definition) is 1. The van der Waals surface area contributed by atoms with Crippen molar-refractivity contribution in [3.8, 4) is 17.2 Å². The van der Waals surface area contributed by atoms with Crippen molar-refractivity contribution in [2.24, 2.45) is 0 Å². The van der Waals surface area contributed by atoms with Crippen molar-refractivity contribution in [2.75, 3.05) is 19.5 Å². The van der Waals surface area contributed by atoms with Crippen LogP contribution < -0.4 is 14.8 Å². The van der Waals surface area contributed by atoms with Crippen molar-refractivity contribution in [1.82, 2.24) is 9.78 Å². The normalized spacial score (nSPS) is 10.7. The molecule has 0 unspecified atom stereocenters. The third kappa shape index (κ3) is 4.77. The minimum Gasteiger partial charge on any atom is -0.493 e. The number of methoxy groups -OCH3 is 2. The number of carbonyl (C=O) groups is 1. The van der Waals surface area contributed by atoms with E-state index in [4.69, 9.17) is 9.47 Å². The second-order valence-corrected chi connectivity index (χ2v) is 7.13. The minimum atomic E-state index is -0.0830. The van der Waals surface area contributed by atoms with Gasteiger partial charge in [-0.1, -0.05) is 18.2 Å². The smallest absolute Gasteiger partial charge is 0.225 e. The lowest BCUT2D eigenvalue weighted by Gasteiger charge is -2.13. The molecule has 2 aromatic carbocycles. The van der Waals surface area contributed by atoms with E-state index in [-0.39, 0.29) is 5.91 Å². The molecule has 1 heterocycles. The number of benzene rings is 2. The van der Waals surface area contributed by atoms with E-state index in [9.17, 15) is 4.79 Å². The number of hydrogen-bond acceptors (Lipinski definition) is 4. The molecule has 0 aliphatic rings. The second-order valence-electron chi connectivity index (χ2n) is 7.13. The van der Waals surface area contributed by atoms with E-state index in [1.807, 2.05) is 45.0 Å². The third-order valence-corrected chi connectivity index (χ3v) is 4.66. The first-order chi connectivity index (χ1) is 13.9. The van der Waals surface area contributed by atoms with Crippen LogP contribution in [0.5, 0.6) is 11.5 Å². The van der Waals surface area contributed by atoms with Crippen molar-refractivity contribution in [2.45, 2.75) is 33.6 Å².